The van der Waals surface area contributed by atoms with Gasteiger partial charge in [0.1, 0.15) is 5.70 Å². The molecule has 0 bridgehead atoms. The number of amides is 2. The summed E-state index contributed by atoms with van der Waals surface area (Å²) in [5.41, 5.74) is 3.92. The van der Waals surface area contributed by atoms with Crippen molar-refractivity contribution in [1.29, 1.82) is 0 Å². The summed E-state index contributed by atoms with van der Waals surface area (Å²) in [5, 5.41) is 3.63. The molecule has 7 heteroatoms. The normalized spacial score (nSPS) is 15.0. The van der Waals surface area contributed by atoms with Crippen molar-refractivity contribution in [1.82, 2.24) is 0 Å². The van der Waals surface area contributed by atoms with Crippen LogP contribution in [0.4, 0.5) is 11.4 Å². The van der Waals surface area contributed by atoms with Gasteiger partial charge in [-0.25, -0.2) is 4.90 Å². The number of nitrogens with zero attached hydrogens (tertiary/aromatic N) is 1. The Labute approximate surface area is 190 Å². The Morgan fingerprint density at radius 2 is 1.66 bits per heavy atom. The fourth-order valence-corrected chi connectivity index (χ4v) is 3.98. The van der Waals surface area contributed by atoms with Gasteiger partial charge >= 0.3 is 0 Å². The maximum absolute atomic E-state index is 13.6. The van der Waals surface area contributed by atoms with Crippen molar-refractivity contribution in [2.45, 2.75) is 13.8 Å². The van der Waals surface area contributed by atoms with E-state index in [1.165, 1.54) is 4.90 Å². The van der Waals surface area contributed by atoms with Gasteiger partial charge in [-0.2, -0.15) is 0 Å². The number of hydrogen-bond donors (Lipinski definition) is 1. The molecule has 0 saturated carbocycles. The van der Waals surface area contributed by atoms with E-state index in [1.54, 1.807) is 43.3 Å². The number of ether oxygens (including phenoxy) is 2. The lowest BCUT2D eigenvalue weighted by molar-refractivity contribution is -0.120. The Balaban J connectivity index is 1.62. The highest BCUT2D eigenvalue weighted by molar-refractivity contribution is 6.46. The number of nitrogens with one attached hydrogen (secondary N) is 1. The van der Waals surface area contributed by atoms with Crippen molar-refractivity contribution in [3.05, 3.63) is 88.1 Å². The molecule has 2 aliphatic rings. The van der Waals surface area contributed by atoms with E-state index >= 15 is 0 Å². The van der Waals surface area contributed by atoms with Gasteiger partial charge in [-0.1, -0.05) is 47.5 Å². The molecule has 0 fully saturated rings. The molecule has 6 nitrogen and oxygen atoms in total. The fraction of sp³-hybridized carbons (Fsp3) is 0.120. The molecule has 0 radical (unpaired) electrons. The minimum atomic E-state index is -0.450. The highest BCUT2D eigenvalue weighted by Gasteiger charge is 2.41. The molecule has 2 amide bonds. The van der Waals surface area contributed by atoms with Crippen LogP contribution in [0.15, 0.2) is 66.4 Å². The minimum absolute atomic E-state index is 0.148. The van der Waals surface area contributed by atoms with E-state index in [9.17, 15) is 9.59 Å². The number of benzene rings is 3. The van der Waals surface area contributed by atoms with Crippen LogP contribution in [0.5, 0.6) is 11.5 Å². The molecule has 2 aliphatic heterocycles. The first-order valence-electron chi connectivity index (χ1n) is 10.1. The van der Waals surface area contributed by atoms with Crippen molar-refractivity contribution < 1.29 is 19.1 Å². The van der Waals surface area contributed by atoms with Crippen molar-refractivity contribution in [3.63, 3.8) is 0 Å². The van der Waals surface area contributed by atoms with Gasteiger partial charge in [-0.3, -0.25) is 9.59 Å². The van der Waals surface area contributed by atoms with E-state index in [4.69, 9.17) is 21.1 Å². The molecule has 3 aromatic rings. The van der Waals surface area contributed by atoms with Gasteiger partial charge in [-0.15, -0.1) is 0 Å². The third-order valence-electron chi connectivity index (χ3n) is 5.55. The third-order valence-corrected chi connectivity index (χ3v) is 5.96. The van der Waals surface area contributed by atoms with Gasteiger partial charge in [0, 0.05) is 16.8 Å². The van der Waals surface area contributed by atoms with E-state index < -0.39 is 11.8 Å². The van der Waals surface area contributed by atoms with Gasteiger partial charge in [-0.05, 0) is 49.2 Å². The molecule has 0 saturated heterocycles. The van der Waals surface area contributed by atoms with Crippen LogP contribution in [-0.2, 0) is 9.59 Å². The maximum atomic E-state index is 13.6. The standard InChI is InChI=1S/C25H19ClN2O4/c1-14-6-8-16(9-7-14)22-23(27-17-10-11-20-21(12-17)32-13-31-20)25(30)28(24(22)29)19-5-3-4-18(26)15(19)2/h3-12,27H,13H2,1-2H3. The molecule has 0 spiro atoms. The first-order valence-corrected chi connectivity index (χ1v) is 10.4. The number of anilines is 2. The maximum Gasteiger partial charge on any atom is 0.282 e. The lowest BCUT2D eigenvalue weighted by Crippen LogP contribution is -2.33. The number of rotatable bonds is 4. The zero-order chi connectivity index (χ0) is 22.4. The first kappa shape index (κ1) is 20.2. The van der Waals surface area contributed by atoms with Crippen LogP contribution in [0.2, 0.25) is 5.02 Å². The summed E-state index contributed by atoms with van der Waals surface area (Å²) in [5.74, 6) is 0.348. The predicted octanol–water partition coefficient (Wildman–Crippen LogP) is 5.08. The van der Waals surface area contributed by atoms with Gasteiger partial charge < -0.3 is 14.8 Å². The SMILES string of the molecule is Cc1ccc(C2=C(Nc3ccc4c(c3)OCO4)C(=O)N(c3cccc(Cl)c3C)C2=O)cc1. The highest BCUT2D eigenvalue weighted by Crippen LogP contribution is 2.39. The summed E-state index contributed by atoms with van der Waals surface area (Å²) in [6, 6.07) is 17.9. The molecule has 0 aliphatic carbocycles. The molecule has 0 unspecified atom stereocenters. The van der Waals surface area contributed by atoms with E-state index in [2.05, 4.69) is 5.32 Å². The van der Waals surface area contributed by atoms with Crippen molar-refractivity contribution in [3.8, 4) is 11.5 Å². The fourth-order valence-electron chi connectivity index (χ4n) is 3.81. The van der Waals surface area contributed by atoms with Crippen LogP contribution in [0.3, 0.4) is 0 Å². The summed E-state index contributed by atoms with van der Waals surface area (Å²) < 4.78 is 10.8. The Hall–Kier alpha value is -3.77. The Kier molecular flexibility index (Phi) is 4.87. The molecule has 0 atom stereocenters. The van der Waals surface area contributed by atoms with E-state index in [1.807, 2.05) is 31.2 Å². The lowest BCUT2D eigenvalue weighted by atomic mass is 10.0. The van der Waals surface area contributed by atoms with Crippen LogP contribution < -0.4 is 19.7 Å². The summed E-state index contributed by atoms with van der Waals surface area (Å²) in [6.45, 7) is 3.90. The molecule has 2 heterocycles. The van der Waals surface area contributed by atoms with E-state index in [0.29, 0.717) is 44.6 Å². The third kappa shape index (κ3) is 3.29. The average Bonchev–Trinajstić information content (AvgIpc) is 3.34. The van der Waals surface area contributed by atoms with E-state index in [-0.39, 0.29) is 12.5 Å². The second kappa shape index (κ2) is 7.73. The lowest BCUT2D eigenvalue weighted by Gasteiger charge is -2.18. The number of carbonyl (C=O) groups is 2. The topological polar surface area (TPSA) is 67.9 Å². The second-order valence-corrected chi connectivity index (χ2v) is 8.05. The summed E-state index contributed by atoms with van der Waals surface area (Å²) >= 11 is 6.27. The average molecular weight is 447 g/mol. The summed E-state index contributed by atoms with van der Waals surface area (Å²) in [4.78, 5) is 28.3. The number of carbonyl (C=O) groups excluding carboxylic acids is 2. The highest BCUT2D eigenvalue weighted by atomic mass is 35.5. The Bertz CT molecular complexity index is 1300. The van der Waals surface area contributed by atoms with Crippen LogP contribution in [0, 0.1) is 13.8 Å². The zero-order valence-corrected chi connectivity index (χ0v) is 18.2. The van der Waals surface area contributed by atoms with Crippen LogP contribution >= 0.6 is 11.6 Å². The zero-order valence-electron chi connectivity index (χ0n) is 17.4. The van der Waals surface area contributed by atoms with Crippen molar-refractivity contribution >= 4 is 40.4 Å². The summed E-state index contributed by atoms with van der Waals surface area (Å²) in [7, 11) is 0. The largest absolute Gasteiger partial charge is 0.454 e. The number of halogens is 1. The van der Waals surface area contributed by atoms with Crippen LogP contribution in [0.25, 0.3) is 5.57 Å². The Morgan fingerprint density at radius 1 is 0.906 bits per heavy atom. The molecule has 160 valence electrons. The molecule has 0 aromatic heterocycles. The van der Waals surface area contributed by atoms with Crippen LogP contribution in [0.1, 0.15) is 16.7 Å². The molecular formula is C25H19ClN2O4. The number of imide groups is 1. The number of aryl methyl sites for hydroxylation is 1. The summed E-state index contributed by atoms with van der Waals surface area (Å²) in [6.07, 6.45) is 0. The smallest absolute Gasteiger partial charge is 0.282 e. The minimum Gasteiger partial charge on any atom is -0.454 e. The van der Waals surface area contributed by atoms with Gasteiger partial charge in [0.05, 0.1) is 11.3 Å². The van der Waals surface area contributed by atoms with E-state index in [0.717, 1.165) is 5.56 Å². The van der Waals surface area contributed by atoms with Gasteiger partial charge in [0.2, 0.25) is 6.79 Å². The molecule has 1 N–H and O–H groups in total. The number of fused-ring (bicyclic) bond motifs is 1. The van der Waals surface area contributed by atoms with Gasteiger partial charge in [0.25, 0.3) is 11.8 Å². The molecule has 5 rings (SSSR count). The molecular weight excluding hydrogens is 428 g/mol. The monoisotopic (exact) mass is 446 g/mol. The predicted molar refractivity (Wildman–Crippen MR) is 123 cm³/mol. The Morgan fingerprint density at radius 3 is 2.44 bits per heavy atom. The quantitative estimate of drug-likeness (QED) is 0.566. The van der Waals surface area contributed by atoms with Crippen molar-refractivity contribution in [2.75, 3.05) is 17.0 Å². The molecule has 3 aromatic carbocycles. The van der Waals surface area contributed by atoms with Crippen LogP contribution in [-0.4, -0.2) is 18.6 Å². The van der Waals surface area contributed by atoms with Crippen molar-refractivity contribution in [2.24, 2.45) is 0 Å². The molecule has 32 heavy (non-hydrogen) atoms. The second-order valence-electron chi connectivity index (χ2n) is 7.64. The van der Waals surface area contributed by atoms with Gasteiger partial charge in [0.15, 0.2) is 11.5 Å². The number of hydrogen-bond acceptors (Lipinski definition) is 5. The first-order chi connectivity index (χ1) is 15.4.